The number of nitrogens with one attached hydrogen (secondary N) is 1. The predicted octanol–water partition coefficient (Wildman–Crippen LogP) is 4.57. The molecule has 3 aliphatic rings. The lowest BCUT2D eigenvalue weighted by Crippen LogP contribution is -2.64. The maximum Gasteiger partial charge on any atom is 0.250 e. The van der Waals surface area contributed by atoms with E-state index in [4.69, 9.17) is 9.47 Å². The SMILES string of the molecule is Cc1cc(C)c(NC(=O)C2(N3C(=O)CC3c3ccc4c(c3)OCO4)CCCC2)c(C)c1. The smallest absolute Gasteiger partial charge is 0.250 e. The molecular weight excluding hydrogens is 392 g/mol. The first-order valence-corrected chi connectivity index (χ1v) is 11.0. The molecule has 1 saturated heterocycles. The van der Waals surface area contributed by atoms with Gasteiger partial charge in [0.25, 0.3) is 0 Å². The Balaban J connectivity index is 1.46. The molecule has 2 heterocycles. The number of amides is 2. The van der Waals surface area contributed by atoms with Crippen molar-refractivity contribution in [1.82, 2.24) is 4.90 Å². The summed E-state index contributed by atoms with van der Waals surface area (Å²) in [6, 6.07) is 9.85. The van der Waals surface area contributed by atoms with Gasteiger partial charge in [0.05, 0.1) is 12.5 Å². The van der Waals surface area contributed by atoms with E-state index in [2.05, 4.69) is 24.4 Å². The molecule has 2 amide bonds. The molecule has 162 valence electrons. The van der Waals surface area contributed by atoms with E-state index < -0.39 is 5.54 Å². The van der Waals surface area contributed by atoms with Crippen molar-refractivity contribution < 1.29 is 19.1 Å². The number of likely N-dealkylation sites (tertiary alicyclic amines) is 1. The van der Waals surface area contributed by atoms with E-state index in [9.17, 15) is 9.59 Å². The van der Waals surface area contributed by atoms with Crippen LogP contribution in [0.1, 0.15) is 60.4 Å². The third kappa shape index (κ3) is 3.16. The fourth-order valence-electron chi connectivity index (χ4n) is 5.49. The van der Waals surface area contributed by atoms with Crippen LogP contribution in [0.2, 0.25) is 0 Å². The molecule has 1 atom stereocenters. The quantitative estimate of drug-likeness (QED) is 0.736. The van der Waals surface area contributed by atoms with Gasteiger partial charge in [-0.25, -0.2) is 0 Å². The Labute approximate surface area is 182 Å². The lowest BCUT2D eigenvalue weighted by atomic mass is 9.82. The molecule has 2 aromatic carbocycles. The van der Waals surface area contributed by atoms with Crippen molar-refractivity contribution in [2.24, 2.45) is 0 Å². The van der Waals surface area contributed by atoms with Gasteiger partial charge in [0.15, 0.2) is 11.5 Å². The van der Waals surface area contributed by atoms with Crippen molar-refractivity contribution in [2.75, 3.05) is 12.1 Å². The summed E-state index contributed by atoms with van der Waals surface area (Å²) in [5.74, 6) is 1.39. The van der Waals surface area contributed by atoms with Crippen LogP contribution in [0.3, 0.4) is 0 Å². The van der Waals surface area contributed by atoms with E-state index in [1.54, 1.807) is 0 Å². The molecule has 0 spiro atoms. The molecular formula is C25H28N2O4. The Kier molecular flexibility index (Phi) is 4.68. The van der Waals surface area contributed by atoms with Crippen molar-refractivity contribution in [2.45, 2.75) is 64.5 Å². The summed E-state index contributed by atoms with van der Waals surface area (Å²) in [6.07, 6.45) is 3.68. The molecule has 1 unspecified atom stereocenters. The maximum atomic E-state index is 13.7. The Hall–Kier alpha value is -3.02. The van der Waals surface area contributed by atoms with Crippen molar-refractivity contribution in [3.63, 3.8) is 0 Å². The minimum absolute atomic E-state index is 0.0390. The summed E-state index contributed by atoms with van der Waals surface area (Å²) in [4.78, 5) is 28.4. The molecule has 0 aromatic heterocycles. The van der Waals surface area contributed by atoms with Gasteiger partial charge in [0.1, 0.15) is 5.54 Å². The summed E-state index contributed by atoms with van der Waals surface area (Å²) in [7, 11) is 0. The maximum absolute atomic E-state index is 13.7. The van der Waals surface area contributed by atoms with E-state index in [1.165, 1.54) is 5.56 Å². The van der Waals surface area contributed by atoms with Crippen LogP contribution in [0.5, 0.6) is 11.5 Å². The first-order chi connectivity index (χ1) is 14.9. The number of benzene rings is 2. The van der Waals surface area contributed by atoms with Crippen LogP contribution >= 0.6 is 0 Å². The topological polar surface area (TPSA) is 67.9 Å². The van der Waals surface area contributed by atoms with Crippen LogP contribution in [-0.4, -0.2) is 29.0 Å². The zero-order valence-electron chi connectivity index (χ0n) is 18.3. The number of nitrogens with zero attached hydrogens (tertiary/aromatic N) is 1. The number of carbonyl (C=O) groups is 2. The van der Waals surface area contributed by atoms with Gasteiger partial charge >= 0.3 is 0 Å². The van der Waals surface area contributed by atoms with Crippen LogP contribution in [0, 0.1) is 20.8 Å². The monoisotopic (exact) mass is 420 g/mol. The van der Waals surface area contributed by atoms with Gasteiger partial charge in [-0.15, -0.1) is 0 Å². The fraction of sp³-hybridized carbons (Fsp3) is 0.440. The highest BCUT2D eigenvalue weighted by molar-refractivity contribution is 6.03. The van der Waals surface area contributed by atoms with Gasteiger partial charge in [-0.05, 0) is 62.4 Å². The molecule has 1 saturated carbocycles. The van der Waals surface area contributed by atoms with Crippen LogP contribution in [0.25, 0.3) is 0 Å². The summed E-state index contributed by atoms with van der Waals surface area (Å²) < 4.78 is 10.9. The van der Waals surface area contributed by atoms with Crippen molar-refractivity contribution >= 4 is 17.5 Å². The number of β-lactam (4-membered cyclic amide) rings is 1. The zero-order valence-corrected chi connectivity index (χ0v) is 18.3. The van der Waals surface area contributed by atoms with Gasteiger partial charge in [-0.2, -0.15) is 0 Å². The lowest BCUT2D eigenvalue weighted by molar-refractivity contribution is -0.163. The van der Waals surface area contributed by atoms with E-state index in [-0.39, 0.29) is 24.6 Å². The average Bonchev–Trinajstić information content (AvgIpc) is 3.38. The second-order valence-corrected chi connectivity index (χ2v) is 9.06. The molecule has 2 aromatic rings. The number of anilines is 1. The zero-order chi connectivity index (χ0) is 21.8. The normalized spacial score (nSPS) is 21.2. The summed E-state index contributed by atoms with van der Waals surface area (Å²) in [5.41, 5.74) is 4.30. The minimum Gasteiger partial charge on any atom is -0.454 e. The molecule has 6 nitrogen and oxygen atoms in total. The van der Waals surface area contributed by atoms with Crippen LogP contribution in [0.4, 0.5) is 5.69 Å². The van der Waals surface area contributed by atoms with Gasteiger partial charge < -0.3 is 19.7 Å². The van der Waals surface area contributed by atoms with E-state index in [0.717, 1.165) is 41.0 Å². The number of hydrogen-bond acceptors (Lipinski definition) is 4. The third-order valence-corrected chi connectivity index (χ3v) is 6.96. The Morgan fingerprint density at radius 2 is 1.71 bits per heavy atom. The van der Waals surface area contributed by atoms with Crippen molar-refractivity contribution in [3.05, 3.63) is 52.6 Å². The molecule has 6 heteroatoms. The number of aryl methyl sites for hydroxylation is 3. The predicted molar refractivity (Wildman–Crippen MR) is 117 cm³/mol. The Morgan fingerprint density at radius 3 is 2.39 bits per heavy atom. The van der Waals surface area contributed by atoms with Crippen LogP contribution < -0.4 is 14.8 Å². The van der Waals surface area contributed by atoms with Crippen molar-refractivity contribution in [3.8, 4) is 11.5 Å². The Bertz CT molecular complexity index is 1050. The molecule has 2 fully saturated rings. The van der Waals surface area contributed by atoms with Gasteiger partial charge in [-0.1, -0.05) is 36.6 Å². The number of fused-ring (bicyclic) bond motifs is 1. The fourth-order valence-corrected chi connectivity index (χ4v) is 5.49. The molecule has 1 aliphatic carbocycles. The molecule has 0 radical (unpaired) electrons. The Morgan fingerprint density at radius 1 is 1.03 bits per heavy atom. The van der Waals surface area contributed by atoms with Crippen LogP contribution in [-0.2, 0) is 9.59 Å². The number of hydrogen-bond donors (Lipinski definition) is 1. The highest BCUT2D eigenvalue weighted by Crippen LogP contribution is 2.49. The molecule has 5 rings (SSSR count). The van der Waals surface area contributed by atoms with E-state index in [0.29, 0.717) is 25.0 Å². The van der Waals surface area contributed by atoms with Gasteiger partial charge in [-0.3, -0.25) is 9.59 Å². The molecule has 0 bridgehead atoms. The summed E-state index contributed by atoms with van der Waals surface area (Å²) >= 11 is 0. The number of ether oxygens (including phenoxy) is 2. The summed E-state index contributed by atoms with van der Waals surface area (Å²) in [5, 5.41) is 3.19. The highest BCUT2D eigenvalue weighted by atomic mass is 16.7. The number of carbonyl (C=O) groups excluding carboxylic acids is 2. The first-order valence-electron chi connectivity index (χ1n) is 11.0. The van der Waals surface area contributed by atoms with Crippen LogP contribution in [0.15, 0.2) is 30.3 Å². The van der Waals surface area contributed by atoms with Gasteiger partial charge in [0, 0.05) is 5.69 Å². The summed E-state index contributed by atoms with van der Waals surface area (Å²) in [6.45, 7) is 6.30. The average molecular weight is 421 g/mol. The number of rotatable bonds is 4. The third-order valence-electron chi connectivity index (χ3n) is 6.96. The standard InChI is InChI=1S/C25H28N2O4/c1-15-10-16(2)23(17(3)11-15)26-24(29)25(8-4-5-9-25)27-19(13-22(27)28)18-6-7-20-21(12-18)31-14-30-20/h6-7,10-12,19H,4-5,8-9,13-14H2,1-3H3,(H,26,29). The second-order valence-electron chi connectivity index (χ2n) is 9.06. The largest absolute Gasteiger partial charge is 0.454 e. The lowest BCUT2D eigenvalue weighted by Gasteiger charge is -2.51. The molecule has 1 N–H and O–H groups in total. The molecule has 2 aliphatic heterocycles. The highest BCUT2D eigenvalue weighted by Gasteiger charge is 2.56. The van der Waals surface area contributed by atoms with E-state index >= 15 is 0 Å². The molecule has 31 heavy (non-hydrogen) atoms. The minimum atomic E-state index is -0.805. The van der Waals surface area contributed by atoms with Crippen molar-refractivity contribution in [1.29, 1.82) is 0 Å². The second kappa shape index (κ2) is 7.29. The first kappa shape index (κ1) is 19.9. The van der Waals surface area contributed by atoms with Gasteiger partial charge in [0.2, 0.25) is 18.6 Å². The van der Waals surface area contributed by atoms with E-state index in [1.807, 2.05) is 36.9 Å².